The van der Waals surface area contributed by atoms with E-state index in [9.17, 15) is 9.59 Å². The van der Waals surface area contributed by atoms with E-state index in [0.717, 1.165) is 11.1 Å². The zero-order valence-corrected chi connectivity index (χ0v) is 13.9. The third-order valence-corrected chi connectivity index (χ3v) is 4.28. The summed E-state index contributed by atoms with van der Waals surface area (Å²) in [4.78, 5) is 31.1. The molecule has 2 aromatic heterocycles. The van der Waals surface area contributed by atoms with Crippen molar-refractivity contribution in [3.63, 3.8) is 0 Å². The molecule has 0 saturated heterocycles. The number of nitrogens with one attached hydrogen (secondary N) is 1. The molecule has 0 aliphatic heterocycles. The van der Waals surface area contributed by atoms with Crippen LogP contribution in [-0.2, 0) is 22.7 Å². The lowest BCUT2D eigenvalue weighted by Crippen LogP contribution is -2.17. The van der Waals surface area contributed by atoms with Gasteiger partial charge in [0.2, 0.25) is 5.82 Å². The van der Waals surface area contributed by atoms with Gasteiger partial charge in [-0.2, -0.15) is 0 Å². The number of carbonyl (C=O) groups is 1. The molecule has 0 aliphatic rings. The fraction of sp³-hybridized carbons (Fsp3) is 0.235. The molecule has 1 N–H and O–H groups in total. The number of aromatic amines is 1. The fourth-order valence-electron chi connectivity index (χ4n) is 2.26. The molecule has 0 spiro atoms. The standard InChI is InChI=1S/C17H16N2O4S/c1-2-23-17(21)14-18-15(20)13-12(10-24-16(13)19-14)9-22-8-11-6-4-3-5-7-11/h3-7,10H,2,8-9H2,1H3,(H,18,19,20). The highest BCUT2D eigenvalue weighted by Crippen LogP contribution is 2.22. The molecular formula is C17H16N2O4S. The molecule has 0 fully saturated rings. The topological polar surface area (TPSA) is 81.3 Å². The maximum Gasteiger partial charge on any atom is 0.374 e. The summed E-state index contributed by atoms with van der Waals surface area (Å²) in [5.41, 5.74) is 1.46. The molecule has 124 valence electrons. The van der Waals surface area contributed by atoms with Gasteiger partial charge in [0.15, 0.2) is 0 Å². The molecule has 0 radical (unpaired) electrons. The van der Waals surface area contributed by atoms with Crippen molar-refractivity contribution in [3.8, 4) is 0 Å². The van der Waals surface area contributed by atoms with Crippen molar-refractivity contribution in [1.82, 2.24) is 9.97 Å². The normalized spacial score (nSPS) is 10.9. The number of hydrogen-bond acceptors (Lipinski definition) is 6. The Labute approximate surface area is 142 Å². The molecule has 0 saturated carbocycles. The SMILES string of the molecule is CCOC(=O)c1nc2scc(COCc3ccccc3)c2c(=O)[nH]1. The predicted octanol–water partition coefficient (Wildman–Crippen LogP) is 2.88. The Balaban J connectivity index is 1.78. The number of aromatic nitrogens is 2. The van der Waals surface area contributed by atoms with Gasteiger partial charge in [-0.3, -0.25) is 4.79 Å². The number of H-pyrrole nitrogens is 1. The van der Waals surface area contributed by atoms with Crippen molar-refractivity contribution >= 4 is 27.5 Å². The number of fused-ring (bicyclic) bond motifs is 1. The van der Waals surface area contributed by atoms with Gasteiger partial charge in [-0.1, -0.05) is 30.3 Å². The van der Waals surface area contributed by atoms with E-state index >= 15 is 0 Å². The van der Waals surface area contributed by atoms with Gasteiger partial charge in [0, 0.05) is 5.56 Å². The van der Waals surface area contributed by atoms with Crippen LogP contribution in [0.15, 0.2) is 40.5 Å². The minimum absolute atomic E-state index is 0.0760. The van der Waals surface area contributed by atoms with Crippen LogP contribution in [0.25, 0.3) is 10.2 Å². The molecule has 6 nitrogen and oxygen atoms in total. The average molecular weight is 344 g/mol. The first kappa shape index (κ1) is 16.4. The quantitative estimate of drug-likeness (QED) is 0.695. The molecule has 3 rings (SSSR count). The summed E-state index contributed by atoms with van der Waals surface area (Å²) in [5, 5.41) is 2.29. The van der Waals surface area contributed by atoms with Gasteiger partial charge in [0.25, 0.3) is 5.56 Å². The number of carbonyl (C=O) groups excluding carboxylic acids is 1. The van der Waals surface area contributed by atoms with Gasteiger partial charge in [-0.15, -0.1) is 11.3 Å². The molecule has 0 atom stereocenters. The van der Waals surface area contributed by atoms with Crippen molar-refractivity contribution in [3.05, 3.63) is 63.0 Å². The largest absolute Gasteiger partial charge is 0.460 e. The van der Waals surface area contributed by atoms with Crippen LogP contribution in [0.5, 0.6) is 0 Å². The van der Waals surface area contributed by atoms with E-state index < -0.39 is 5.97 Å². The summed E-state index contributed by atoms with van der Waals surface area (Å²) in [6, 6.07) is 9.80. The number of benzene rings is 1. The van der Waals surface area contributed by atoms with Crippen LogP contribution in [0.3, 0.4) is 0 Å². The zero-order valence-electron chi connectivity index (χ0n) is 13.1. The Kier molecular flexibility index (Phi) is 5.02. The van der Waals surface area contributed by atoms with Crippen molar-refractivity contribution in [2.45, 2.75) is 20.1 Å². The molecule has 0 bridgehead atoms. The highest BCUT2D eigenvalue weighted by atomic mass is 32.1. The average Bonchev–Trinajstić information content (AvgIpc) is 3.00. The van der Waals surface area contributed by atoms with Crippen molar-refractivity contribution in [1.29, 1.82) is 0 Å². The lowest BCUT2D eigenvalue weighted by Gasteiger charge is -2.04. The maximum atomic E-state index is 12.3. The van der Waals surface area contributed by atoms with Gasteiger partial charge in [0.1, 0.15) is 4.83 Å². The van der Waals surface area contributed by atoms with Crippen LogP contribution >= 0.6 is 11.3 Å². The van der Waals surface area contributed by atoms with Gasteiger partial charge in [-0.25, -0.2) is 9.78 Å². The van der Waals surface area contributed by atoms with E-state index in [1.807, 2.05) is 35.7 Å². The molecule has 0 aliphatic carbocycles. The van der Waals surface area contributed by atoms with E-state index in [2.05, 4.69) is 9.97 Å². The number of rotatable bonds is 6. The zero-order chi connectivity index (χ0) is 16.9. The van der Waals surface area contributed by atoms with Gasteiger partial charge in [-0.05, 0) is 17.9 Å². The lowest BCUT2D eigenvalue weighted by atomic mass is 10.2. The van der Waals surface area contributed by atoms with E-state index in [1.165, 1.54) is 11.3 Å². The summed E-state index contributed by atoms with van der Waals surface area (Å²) in [5.74, 6) is -0.709. The number of nitrogens with zero attached hydrogens (tertiary/aromatic N) is 1. The third kappa shape index (κ3) is 3.52. The van der Waals surface area contributed by atoms with E-state index in [-0.39, 0.29) is 18.0 Å². The predicted molar refractivity (Wildman–Crippen MR) is 91.1 cm³/mol. The number of esters is 1. The molecule has 24 heavy (non-hydrogen) atoms. The van der Waals surface area contributed by atoms with Crippen molar-refractivity contribution < 1.29 is 14.3 Å². The third-order valence-electron chi connectivity index (χ3n) is 3.36. The minimum Gasteiger partial charge on any atom is -0.460 e. The maximum absolute atomic E-state index is 12.3. The van der Waals surface area contributed by atoms with Crippen LogP contribution in [-0.4, -0.2) is 22.5 Å². The van der Waals surface area contributed by atoms with Gasteiger partial charge < -0.3 is 14.5 Å². The molecule has 2 heterocycles. The number of thiophene rings is 1. The summed E-state index contributed by atoms with van der Waals surface area (Å²) in [6.45, 7) is 2.69. The van der Waals surface area contributed by atoms with Crippen molar-refractivity contribution in [2.24, 2.45) is 0 Å². The summed E-state index contributed by atoms with van der Waals surface area (Å²) < 4.78 is 10.5. The van der Waals surface area contributed by atoms with Crippen LogP contribution in [0.2, 0.25) is 0 Å². The highest BCUT2D eigenvalue weighted by Gasteiger charge is 2.16. The summed E-state index contributed by atoms with van der Waals surface area (Å²) in [7, 11) is 0. The van der Waals surface area contributed by atoms with E-state index in [4.69, 9.17) is 9.47 Å². The fourth-order valence-corrected chi connectivity index (χ4v) is 3.19. The second-order valence-electron chi connectivity index (χ2n) is 5.05. The van der Waals surface area contributed by atoms with E-state index in [1.54, 1.807) is 6.92 Å². The second kappa shape index (κ2) is 7.37. The van der Waals surface area contributed by atoms with Crippen LogP contribution < -0.4 is 5.56 Å². The number of ether oxygens (including phenoxy) is 2. The van der Waals surface area contributed by atoms with Crippen LogP contribution in [0.4, 0.5) is 0 Å². The summed E-state index contributed by atoms with van der Waals surface area (Å²) >= 11 is 1.31. The van der Waals surface area contributed by atoms with Gasteiger partial charge in [0.05, 0.1) is 25.2 Å². The minimum atomic E-state index is -0.633. The Morgan fingerprint density at radius 3 is 2.79 bits per heavy atom. The van der Waals surface area contributed by atoms with E-state index in [0.29, 0.717) is 23.4 Å². The Morgan fingerprint density at radius 2 is 2.04 bits per heavy atom. The number of hydrogen-bond donors (Lipinski definition) is 1. The van der Waals surface area contributed by atoms with Crippen LogP contribution in [0, 0.1) is 0 Å². The molecule has 0 amide bonds. The second-order valence-corrected chi connectivity index (χ2v) is 5.91. The Hall–Kier alpha value is -2.51. The van der Waals surface area contributed by atoms with Crippen molar-refractivity contribution in [2.75, 3.05) is 6.61 Å². The first-order valence-electron chi connectivity index (χ1n) is 7.48. The molecule has 1 aromatic carbocycles. The molecule has 0 unspecified atom stereocenters. The highest BCUT2D eigenvalue weighted by molar-refractivity contribution is 7.16. The first-order valence-corrected chi connectivity index (χ1v) is 8.36. The van der Waals surface area contributed by atoms with Gasteiger partial charge >= 0.3 is 5.97 Å². The lowest BCUT2D eigenvalue weighted by molar-refractivity contribution is 0.0512. The Bertz CT molecular complexity index is 902. The molecule has 3 aromatic rings. The Morgan fingerprint density at radius 1 is 1.25 bits per heavy atom. The van der Waals surface area contributed by atoms with Crippen LogP contribution in [0.1, 0.15) is 28.7 Å². The molecular weight excluding hydrogens is 328 g/mol. The summed E-state index contributed by atoms with van der Waals surface area (Å²) in [6.07, 6.45) is 0. The first-order chi connectivity index (χ1) is 11.7. The monoisotopic (exact) mass is 344 g/mol. The molecule has 7 heteroatoms. The smallest absolute Gasteiger partial charge is 0.374 e.